The maximum Gasteiger partial charge on any atom is 0.329 e. The van der Waals surface area contributed by atoms with Crippen molar-refractivity contribution in [3.05, 3.63) is 29.8 Å². The van der Waals surface area contributed by atoms with E-state index in [-0.39, 0.29) is 18.2 Å². The molecule has 0 bridgehead atoms. The van der Waals surface area contributed by atoms with Crippen molar-refractivity contribution >= 4 is 23.5 Å². The Morgan fingerprint density at radius 2 is 1.84 bits per heavy atom. The predicted molar refractivity (Wildman–Crippen MR) is 125 cm³/mol. The zero-order valence-electron chi connectivity index (χ0n) is 19.3. The molecule has 4 amide bonds. The summed E-state index contributed by atoms with van der Waals surface area (Å²) in [5, 5.41) is 5.83. The fourth-order valence-electron chi connectivity index (χ4n) is 5.40. The number of anilines is 1. The summed E-state index contributed by atoms with van der Waals surface area (Å²) in [5.41, 5.74) is 1.72. The van der Waals surface area contributed by atoms with Gasteiger partial charge in [-0.1, -0.05) is 32.4 Å². The molecule has 0 spiro atoms. The lowest BCUT2D eigenvalue weighted by Crippen LogP contribution is -2.51. The van der Waals surface area contributed by atoms with E-state index in [1.165, 1.54) is 50.1 Å². The summed E-state index contributed by atoms with van der Waals surface area (Å²) in [7, 11) is 0. The van der Waals surface area contributed by atoms with E-state index in [1.54, 1.807) is 12.1 Å². The van der Waals surface area contributed by atoms with E-state index in [1.807, 2.05) is 12.1 Å². The van der Waals surface area contributed by atoms with Gasteiger partial charge in [-0.2, -0.15) is 0 Å². The maximum atomic E-state index is 12.8. The summed E-state index contributed by atoms with van der Waals surface area (Å²) in [5.74, 6) is 0.572. The van der Waals surface area contributed by atoms with Gasteiger partial charge in [0, 0.05) is 19.0 Å². The van der Waals surface area contributed by atoms with Gasteiger partial charge in [0.2, 0.25) is 5.91 Å². The van der Waals surface area contributed by atoms with Crippen LogP contribution in [-0.4, -0.2) is 54.5 Å². The van der Waals surface area contributed by atoms with Gasteiger partial charge in [-0.25, -0.2) is 9.69 Å². The second-order valence-corrected chi connectivity index (χ2v) is 9.77. The van der Waals surface area contributed by atoms with Crippen LogP contribution in [-0.2, 0) is 9.59 Å². The van der Waals surface area contributed by atoms with Gasteiger partial charge >= 0.3 is 6.03 Å². The van der Waals surface area contributed by atoms with Crippen LogP contribution in [0.4, 0.5) is 10.5 Å². The summed E-state index contributed by atoms with van der Waals surface area (Å²) in [6, 6.07) is 7.03. The van der Waals surface area contributed by atoms with Gasteiger partial charge in [0.25, 0.3) is 5.91 Å². The Morgan fingerprint density at radius 1 is 1.09 bits per heavy atom. The van der Waals surface area contributed by atoms with Crippen LogP contribution in [0.25, 0.3) is 0 Å². The molecular formula is C25H36N4O3. The highest BCUT2D eigenvalue weighted by atomic mass is 16.2. The van der Waals surface area contributed by atoms with E-state index in [0.717, 1.165) is 5.56 Å². The zero-order chi connectivity index (χ0) is 22.7. The number of carbonyl (C=O) groups excluding carboxylic acids is 3. The van der Waals surface area contributed by atoms with E-state index >= 15 is 0 Å². The van der Waals surface area contributed by atoms with Crippen molar-refractivity contribution in [3.8, 4) is 0 Å². The second-order valence-electron chi connectivity index (χ2n) is 9.77. The first-order valence-corrected chi connectivity index (χ1v) is 12.2. The van der Waals surface area contributed by atoms with Crippen LogP contribution in [0.2, 0.25) is 0 Å². The summed E-state index contributed by atoms with van der Waals surface area (Å²) in [6.07, 6.45) is 6.73. The van der Waals surface area contributed by atoms with Gasteiger partial charge in [0.05, 0.1) is 5.69 Å². The molecule has 0 aromatic heterocycles. The van der Waals surface area contributed by atoms with Crippen molar-refractivity contribution < 1.29 is 14.4 Å². The fraction of sp³-hybridized carbons (Fsp3) is 0.640. The standard InChI is InChI=1S/C25H36N4O3/c1-17(2)18-8-10-20(11-9-18)29-24(31)21(27-25(29)32)12-13-23(30)26-16-19-6-5-15-28-14-4-3-7-22(19)28/h8-11,17,19,21-22H,3-7,12-16H2,1-2H3,(H,26,30)(H,27,32)/t19-,21+,22-/m0/s1. The first-order chi connectivity index (χ1) is 15.4. The highest BCUT2D eigenvalue weighted by Gasteiger charge is 2.39. The van der Waals surface area contributed by atoms with Crippen LogP contribution in [0.5, 0.6) is 0 Å². The predicted octanol–water partition coefficient (Wildman–Crippen LogP) is 3.40. The summed E-state index contributed by atoms with van der Waals surface area (Å²) < 4.78 is 0. The molecular weight excluding hydrogens is 404 g/mol. The summed E-state index contributed by atoms with van der Waals surface area (Å²) in [4.78, 5) is 41.5. The smallest absolute Gasteiger partial charge is 0.329 e. The number of carbonyl (C=O) groups is 3. The molecule has 7 heteroatoms. The molecule has 32 heavy (non-hydrogen) atoms. The maximum absolute atomic E-state index is 12.8. The number of urea groups is 1. The third-order valence-electron chi connectivity index (χ3n) is 7.29. The molecule has 174 valence electrons. The topological polar surface area (TPSA) is 81.8 Å². The van der Waals surface area contributed by atoms with E-state index in [2.05, 4.69) is 29.4 Å². The largest absolute Gasteiger partial charge is 0.356 e. The minimum absolute atomic E-state index is 0.0419. The molecule has 0 aliphatic carbocycles. The molecule has 7 nitrogen and oxygen atoms in total. The fourth-order valence-corrected chi connectivity index (χ4v) is 5.40. The monoisotopic (exact) mass is 440 g/mol. The van der Waals surface area contributed by atoms with E-state index in [0.29, 0.717) is 36.5 Å². The Hall–Kier alpha value is -2.41. The van der Waals surface area contributed by atoms with Crippen molar-refractivity contribution in [2.24, 2.45) is 5.92 Å². The number of hydrogen-bond donors (Lipinski definition) is 2. The molecule has 0 radical (unpaired) electrons. The van der Waals surface area contributed by atoms with Crippen molar-refractivity contribution in [2.75, 3.05) is 24.5 Å². The Kier molecular flexibility index (Phi) is 7.13. The van der Waals surface area contributed by atoms with Crippen molar-refractivity contribution in [2.45, 2.75) is 76.8 Å². The molecule has 3 heterocycles. The van der Waals surface area contributed by atoms with E-state index in [9.17, 15) is 14.4 Å². The van der Waals surface area contributed by atoms with Gasteiger partial charge in [-0.05, 0) is 74.7 Å². The Morgan fingerprint density at radius 3 is 2.59 bits per heavy atom. The number of benzene rings is 1. The van der Waals surface area contributed by atoms with Gasteiger partial charge < -0.3 is 15.5 Å². The van der Waals surface area contributed by atoms with Crippen LogP contribution >= 0.6 is 0 Å². The van der Waals surface area contributed by atoms with Gasteiger partial charge in [-0.3, -0.25) is 9.59 Å². The highest BCUT2D eigenvalue weighted by molar-refractivity contribution is 6.21. The van der Waals surface area contributed by atoms with Crippen LogP contribution < -0.4 is 15.5 Å². The van der Waals surface area contributed by atoms with Crippen LogP contribution in [0.15, 0.2) is 24.3 Å². The second kappa shape index (κ2) is 10.0. The minimum Gasteiger partial charge on any atom is -0.356 e. The number of hydrogen-bond acceptors (Lipinski definition) is 4. The quantitative estimate of drug-likeness (QED) is 0.637. The number of piperidine rings is 2. The Bertz CT molecular complexity index is 836. The van der Waals surface area contributed by atoms with E-state index < -0.39 is 12.1 Å². The molecule has 3 aliphatic heterocycles. The van der Waals surface area contributed by atoms with E-state index in [4.69, 9.17) is 0 Å². The molecule has 3 fully saturated rings. The molecule has 0 unspecified atom stereocenters. The average molecular weight is 441 g/mol. The number of nitrogens with one attached hydrogen (secondary N) is 2. The molecule has 4 rings (SSSR count). The minimum atomic E-state index is -0.651. The lowest BCUT2D eigenvalue weighted by atomic mass is 9.83. The first-order valence-electron chi connectivity index (χ1n) is 12.2. The number of rotatable bonds is 7. The number of fused-ring (bicyclic) bond motifs is 1. The number of amides is 4. The van der Waals surface area contributed by atoms with Crippen molar-refractivity contribution in [1.29, 1.82) is 0 Å². The van der Waals surface area contributed by atoms with Crippen LogP contribution in [0.1, 0.15) is 70.3 Å². The number of imide groups is 1. The lowest BCUT2D eigenvalue weighted by molar-refractivity contribution is -0.122. The van der Waals surface area contributed by atoms with Gasteiger partial charge in [-0.15, -0.1) is 0 Å². The molecule has 3 saturated heterocycles. The molecule has 3 aliphatic rings. The number of nitrogens with zero attached hydrogens (tertiary/aromatic N) is 2. The zero-order valence-corrected chi connectivity index (χ0v) is 19.3. The Labute approximate surface area is 190 Å². The third kappa shape index (κ3) is 4.98. The van der Waals surface area contributed by atoms with Crippen LogP contribution in [0, 0.1) is 5.92 Å². The molecule has 1 aromatic carbocycles. The van der Waals surface area contributed by atoms with Gasteiger partial charge in [0.15, 0.2) is 0 Å². The van der Waals surface area contributed by atoms with Crippen molar-refractivity contribution in [1.82, 2.24) is 15.5 Å². The summed E-state index contributed by atoms with van der Waals surface area (Å²) in [6.45, 7) is 7.29. The molecule has 0 saturated carbocycles. The van der Waals surface area contributed by atoms with Crippen molar-refractivity contribution in [3.63, 3.8) is 0 Å². The normalized spacial score (nSPS) is 26.2. The first kappa shape index (κ1) is 22.8. The lowest BCUT2D eigenvalue weighted by Gasteiger charge is -2.44. The molecule has 3 atom stereocenters. The Balaban J connectivity index is 1.26. The highest BCUT2D eigenvalue weighted by Crippen LogP contribution is 2.30. The van der Waals surface area contributed by atoms with Gasteiger partial charge in [0.1, 0.15) is 6.04 Å². The molecule has 2 N–H and O–H groups in total. The molecule has 1 aromatic rings. The summed E-state index contributed by atoms with van der Waals surface area (Å²) >= 11 is 0. The SMILES string of the molecule is CC(C)c1ccc(N2C(=O)N[C@H](CCC(=O)NC[C@@H]3CCCN4CCCC[C@@H]34)C2=O)cc1. The third-order valence-corrected chi connectivity index (χ3v) is 7.29. The van der Waals surface area contributed by atoms with Crippen LogP contribution in [0.3, 0.4) is 0 Å². The average Bonchev–Trinajstić information content (AvgIpc) is 3.09.